The average molecular weight is 210 g/mol. The van der Waals surface area contributed by atoms with Crippen LogP contribution >= 0.6 is 0 Å². The Morgan fingerprint density at radius 3 is 2.94 bits per heavy atom. The van der Waals surface area contributed by atoms with Crippen molar-refractivity contribution in [3.8, 4) is 0 Å². The van der Waals surface area contributed by atoms with Crippen LogP contribution in [0.25, 0.3) is 11.9 Å². The number of aliphatic imine (C=N–C) groups is 3. The minimum atomic E-state index is 0.0206. The van der Waals surface area contributed by atoms with Crippen molar-refractivity contribution in [3.05, 3.63) is 34.7 Å². The molecular formula is C12H10N4. The fourth-order valence-corrected chi connectivity index (χ4v) is 1.86. The van der Waals surface area contributed by atoms with Gasteiger partial charge in [-0.2, -0.15) is 0 Å². The summed E-state index contributed by atoms with van der Waals surface area (Å²) >= 11 is 0. The summed E-state index contributed by atoms with van der Waals surface area (Å²) in [6.07, 6.45) is 5.44. The van der Waals surface area contributed by atoms with Crippen LogP contribution in [0.3, 0.4) is 0 Å². The number of nitrogens with zero attached hydrogens (tertiary/aromatic N) is 3. The molecule has 3 rings (SSSR count). The van der Waals surface area contributed by atoms with Crippen molar-refractivity contribution in [2.45, 2.75) is 0 Å². The molecule has 0 aromatic heterocycles. The molecule has 0 bridgehead atoms. The first-order valence-corrected chi connectivity index (χ1v) is 5.06. The van der Waals surface area contributed by atoms with Crippen LogP contribution in [0.5, 0.6) is 0 Å². The lowest BCUT2D eigenvalue weighted by molar-refractivity contribution is 1.18. The summed E-state index contributed by atoms with van der Waals surface area (Å²) in [5, 5.41) is 2.13. The van der Waals surface area contributed by atoms with Crippen LogP contribution in [-0.4, -0.2) is 18.4 Å². The maximum atomic E-state index is 5.63. The molecule has 1 aromatic rings. The van der Waals surface area contributed by atoms with Crippen molar-refractivity contribution in [2.75, 3.05) is 0 Å². The third-order valence-corrected chi connectivity index (χ3v) is 2.62. The van der Waals surface area contributed by atoms with Gasteiger partial charge in [-0.15, -0.1) is 0 Å². The zero-order valence-corrected chi connectivity index (χ0v) is 8.54. The molecule has 16 heavy (non-hydrogen) atoms. The molecule has 2 heterocycles. The monoisotopic (exact) mass is 210 g/mol. The second-order valence-electron chi connectivity index (χ2n) is 3.67. The van der Waals surface area contributed by atoms with Gasteiger partial charge in [0.25, 0.3) is 0 Å². The van der Waals surface area contributed by atoms with Gasteiger partial charge < -0.3 is 5.73 Å². The third-order valence-electron chi connectivity index (χ3n) is 2.62. The predicted molar refractivity (Wildman–Crippen MR) is 65.7 cm³/mol. The van der Waals surface area contributed by atoms with E-state index in [-0.39, 0.29) is 5.92 Å². The van der Waals surface area contributed by atoms with Gasteiger partial charge in [0.15, 0.2) is 0 Å². The Morgan fingerprint density at radius 1 is 1.12 bits per heavy atom. The molecule has 2 N–H and O–H groups in total. The lowest BCUT2D eigenvalue weighted by Crippen LogP contribution is -2.30. The summed E-state index contributed by atoms with van der Waals surface area (Å²) in [7, 11) is 0. The number of hydrogen-bond donors (Lipinski definition) is 1. The average Bonchev–Trinajstić information content (AvgIpc) is 2.48. The molecule has 2 aliphatic rings. The standard InChI is InChI=1S/C12H10N4/c13-12-15-7-9-6-14-5-8-3-1-2-4-10(8)11(9)16-12/h1-7,9H,(H2,13,16). The van der Waals surface area contributed by atoms with Crippen molar-refractivity contribution < 1.29 is 0 Å². The largest absolute Gasteiger partial charge is 0.368 e. The van der Waals surface area contributed by atoms with Gasteiger partial charge in [-0.3, -0.25) is 4.99 Å². The van der Waals surface area contributed by atoms with E-state index in [1.54, 1.807) is 6.21 Å². The molecule has 0 saturated heterocycles. The molecule has 2 aliphatic heterocycles. The van der Waals surface area contributed by atoms with Gasteiger partial charge in [0, 0.05) is 29.1 Å². The molecule has 0 saturated carbocycles. The molecule has 1 unspecified atom stereocenters. The van der Waals surface area contributed by atoms with E-state index in [0.29, 0.717) is 5.96 Å². The smallest absolute Gasteiger partial charge is 0.219 e. The van der Waals surface area contributed by atoms with E-state index in [2.05, 4.69) is 15.0 Å². The highest BCUT2D eigenvalue weighted by Crippen LogP contribution is 2.13. The maximum Gasteiger partial charge on any atom is 0.219 e. The molecule has 0 amide bonds. The van der Waals surface area contributed by atoms with Crippen LogP contribution in [0.2, 0.25) is 0 Å². The number of nitrogens with two attached hydrogens (primary N) is 1. The second-order valence-corrected chi connectivity index (χ2v) is 3.67. The number of guanidine groups is 1. The summed E-state index contributed by atoms with van der Waals surface area (Å²) in [6.45, 7) is 0. The Kier molecular flexibility index (Phi) is 1.93. The van der Waals surface area contributed by atoms with Gasteiger partial charge >= 0.3 is 0 Å². The van der Waals surface area contributed by atoms with E-state index in [9.17, 15) is 0 Å². The fourth-order valence-electron chi connectivity index (χ4n) is 1.86. The molecule has 4 nitrogen and oxygen atoms in total. The Balaban J connectivity index is 2.41. The van der Waals surface area contributed by atoms with Crippen LogP contribution < -0.4 is 16.2 Å². The zero-order chi connectivity index (χ0) is 11.0. The minimum Gasteiger partial charge on any atom is -0.368 e. The Morgan fingerprint density at radius 2 is 2.00 bits per heavy atom. The van der Waals surface area contributed by atoms with Gasteiger partial charge in [0.1, 0.15) is 0 Å². The van der Waals surface area contributed by atoms with Crippen molar-refractivity contribution >= 4 is 30.3 Å². The molecule has 0 aliphatic carbocycles. The second kappa shape index (κ2) is 3.41. The zero-order valence-electron chi connectivity index (χ0n) is 8.54. The predicted octanol–water partition coefficient (Wildman–Crippen LogP) is -0.368. The topological polar surface area (TPSA) is 63.1 Å². The van der Waals surface area contributed by atoms with Crippen LogP contribution in [0.1, 0.15) is 0 Å². The first-order valence-electron chi connectivity index (χ1n) is 5.06. The van der Waals surface area contributed by atoms with E-state index in [1.165, 1.54) is 0 Å². The van der Waals surface area contributed by atoms with Gasteiger partial charge in [0.05, 0.1) is 11.6 Å². The van der Waals surface area contributed by atoms with Crippen molar-refractivity contribution in [2.24, 2.45) is 26.6 Å². The van der Waals surface area contributed by atoms with Crippen LogP contribution in [0.4, 0.5) is 0 Å². The molecule has 4 heteroatoms. The van der Waals surface area contributed by atoms with E-state index in [0.717, 1.165) is 16.1 Å². The normalized spacial score (nSPS) is 21.6. The van der Waals surface area contributed by atoms with Crippen molar-refractivity contribution in [3.63, 3.8) is 0 Å². The minimum absolute atomic E-state index is 0.0206. The summed E-state index contributed by atoms with van der Waals surface area (Å²) in [5.74, 6) is 0.323. The van der Waals surface area contributed by atoms with Crippen molar-refractivity contribution in [1.82, 2.24) is 0 Å². The first kappa shape index (κ1) is 9.03. The molecule has 1 atom stereocenters. The Labute approximate surface area is 92.3 Å². The fraction of sp³-hybridized carbons (Fsp3) is 0.0833. The van der Waals surface area contributed by atoms with E-state index in [1.807, 2.05) is 36.7 Å². The summed E-state index contributed by atoms with van der Waals surface area (Å²) in [6, 6.07) is 8.01. The van der Waals surface area contributed by atoms with Gasteiger partial charge in [0.2, 0.25) is 5.96 Å². The summed E-state index contributed by atoms with van der Waals surface area (Å²) in [5.41, 5.74) is 6.54. The number of hydrogen-bond acceptors (Lipinski definition) is 4. The molecule has 1 aromatic carbocycles. The van der Waals surface area contributed by atoms with Crippen LogP contribution in [-0.2, 0) is 0 Å². The third kappa shape index (κ3) is 1.35. The molecule has 78 valence electrons. The van der Waals surface area contributed by atoms with E-state index in [4.69, 9.17) is 5.73 Å². The van der Waals surface area contributed by atoms with Crippen LogP contribution in [0.15, 0.2) is 39.2 Å². The molecular weight excluding hydrogens is 200 g/mol. The molecule has 0 fully saturated rings. The summed E-state index contributed by atoms with van der Waals surface area (Å²) in [4.78, 5) is 12.6. The lowest BCUT2D eigenvalue weighted by atomic mass is 10.0. The quantitative estimate of drug-likeness (QED) is 0.624. The number of fused-ring (bicyclic) bond motifs is 2. The van der Waals surface area contributed by atoms with Gasteiger partial charge in [-0.25, -0.2) is 9.98 Å². The van der Waals surface area contributed by atoms with Gasteiger partial charge in [-0.1, -0.05) is 24.3 Å². The Hall–Kier alpha value is -2.23. The van der Waals surface area contributed by atoms with Gasteiger partial charge in [-0.05, 0) is 0 Å². The molecule has 0 radical (unpaired) electrons. The van der Waals surface area contributed by atoms with E-state index < -0.39 is 0 Å². The highest BCUT2D eigenvalue weighted by Gasteiger charge is 2.16. The first-order chi connectivity index (χ1) is 7.84. The Bertz CT molecular complexity index is 637. The number of rotatable bonds is 0. The highest BCUT2D eigenvalue weighted by molar-refractivity contribution is 6.05. The maximum absolute atomic E-state index is 5.63. The van der Waals surface area contributed by atoms with Crippen molar-refractivity contribution in [1.29, 1.82) is 0 Å². The summed E-state index contributed by atoms with van der Waals surface area (Å²) < 4.78 is 0. The highest BCUT2D eigenvalue weighted by atomic mass is 15.1. The SMILES string of the molecule is NC1=NC2=c3ccccc3=CN=CC2C=N1. The van der Waals surface area contributed by atoms with Crippen LogP contribution in [0, 0.1) is 5.92 Å². The lowest BCUT2D eigenvalue weighted by Gasteiger charge is -2.11. The number of benzene rings is 1. The molecule has 0 spiro atoms. The van der Waals surface area contributed by atoms with E-state index >= 15 is 0 Å².